The fourth-order valence-electron chi connectivity index (χ4n) is 3.46. The number of aromatic nitrogens is 1. The van der Waals surface area contributed by atoms with Crippen molar-refractivity contribution in [3.05, 3.63) is 69.5 Å². The fourth-order valence-corrected chi connectivity index (χ4v) is 6.33. The molecular weight excluding hydrogens is 520 g/mol. The smallest absolute Gasteiger partial charge is 0.304 e. The van der Waals surface area contributed by atoms with Gasteiger partial charge in [0.15, 0.2) is 0 Å². The first-order valence-corrected chi connectivity index (χ1v) is 13.8. The summed E-state index contributed by atoms with van der Waals surface area (Å²) < 4.78 is -0.00488. The third kappa shape index (κ3) is 7.85. The van der Waals surface area contributed by atoms with E-state index in [1.807, 2.05) is 36.4 Å². The zero-order valence-corrected chi connectivity index (χ0v) is 22.4. The lowest BCUT2D eigenvalue weighted by atomic mass is 9.96. The van der Waals surface area contributed by atoms with Crippen LogP contribution in [0.2, 0.25) is 0 Å². The van der Waals surface area contributed by atoms with Crippen molar-refractivity contribution in [3.8, 4) is 0 Å². The number of nitrogens with zero attached hydrogens (tertiary/aromatic N) is 2. The molecular formula is C26H29ClN2O5S2. The first-order valence-electron chi connectivity index (χ1n) is 11.3. The first kappa shape index (κ1) is 28.3. The maximum absolute atomic E-state index is 12.0. The molecule has 0 saturated carbocycles. The maximum atomic E-state index is 12.0. The minimum atomic E-state index is -1.15. The Kier molecular flexibility index (Phi) is 10.4. The normalized spacial score (nSPS) is 18.0. The van der Waals surface area contributed by atoms with Crippen molar-refractivity contribution in [1.82, 2.24) is 9.88 Å². The van der Waals surface area contributed by atoms with E-state index >= 15 is 0 Å². The Bertz CT molecular complexity index is 1150. The Morgan fingerprint density at radius 1 is 1.08 bits per heavy atom. The van der Waals surface area contributed by atoms with Crippen molar-refractivity contribution < 1.29 is 24.9 Å². The molecule has 0 bridgehead atoms. The molecule has 3 atom stereocenters. The van der Waals surface area contributed by atoms with E-state index in [1.165, 1.54) is 0 Å². The topological polar surface area (TPSA) is 111 Å². The number of aliphatic hydroxyl groups excluding tert-OH is 2. The number of hydrogen-bond donors (Lipinski definition) is 3. The van der Waals surface area contributed by atoms with Crippen LogP contribution >= 0.6 is 35.1 Å². The van der Waals surface area contributed by atoms with Crippen LogP contribution in [0.15, 0.2) is 41.4 Å². The van der Waals surface area contributed by atoms with Gasteiger partial charge in [0.25, 0.3) is 0 Å². The summed E-state index contributed by atoms with van der Waals surface area (Å²) in [5, 5.41) is 29.3. The molecule has 36 heavy (non-hydrogen) atoms. The monoisotopic (exact) mass is 548 g/mol. The van der Waals surface area contributed by atoms with E-state index in [0.29, 0.717) is 34.9 Å². The Hall–Kier alpha value is -2.30. The molecule has 0 radical (unpaired) electrons. The maximum Gasteiger partial charge on any atom is 0.304 e. The number of halogens is 1. The molecule has 0 spiro atoms. The quantitative estimate of drug-likeness (QED) is 0.348. The number of rotatable bonds is 11. The van der Waals surface area contributed by atoms with Crippen molar-refractivity contribution in [1.29, 1.82) is 0 Å². The molecule has 3 N–H and O–H groups in total. The van der Waals surface area contributed by atoms with Gasteiger partial charge in [0, 0.05) is 37.6 Å². The van der Waals surface area contributed by atoms with E-state index in [9.17, 15) is 19.8 Å². The van der Waals surface area contributed by atoms with Crippen molar-refractivity contribution in [2.24, 2.45) is 0 Å². The summed E-state index contributed by atoms with van der Waals surface area (Å²) in [6.45, 7) is 0. The highest BCUT2D eigenvalue weighted by atomic mass is 35.5. The van der Waals surface area contributed by atoms with E-state index in [0.717, 1.165) is 11.1 Å². The van der Waals surface area contributed by atoms with Crippen LogP contribution in [0, 0.1) is 0 Å². The van der Waals surface area contributed by atoms with Crippen LogP contribution in [-0.2, 0) is 9.59 Å². The zero-order valence-electron chi connectivity index (χ0n) is 20.0. The number of carbonyl (C=O) groups excluding carboxylic acids is 1. The van der Waals surface area contributed by atoms with Gasteiger partial charge in [0.05, 0.1) is 27.4 Å². The van der Waals surface area contributed by atoms with Crippen molar-refractivity contribution in [3.63, 3.8) is 0 Å². The van der Waals surface area contributed by atoms with Crippen LogP contribution in [0.1, 0.15) is 51.6 Å². The van der Waals surface area contributed by atoms with E-state index in [1.54, 1.807) is 60.7 Å². The van der Waals surface area contributed by atoms with E-state index in [2.05, 4.69) is 4.98 Å². The number of thioether (sulfide) groups is 2. The Morgan fingerprint density at radius 3 is 2.50 bits per heavy atom. The SMILES string of the molecule is CN(C)C(=O)CCS[C@H](SCCC(=O)O)c1cccc(/C=C/c2ccc3c(n2)C=C(Cl)[C@H](O)[C@H]3O)c1. The first-order chi connectivity index (χ1) is 17.2. The van der Waals surface area contributed by atoms with Gasteiger partial charge in [-0.2, -0.15) is 0 Å². The summed E-state index contributed by atoms with van der Waals surface area (Å²) in [5.41, 5.74) is 3.71. The second-order valence-electron chi connectivity index (χ2n) is 8.39. The molecule has 1 aliphatic carbocycles. The summed E-state index contributed by atoms with van der Waals surface area (Å²) in [6.07, 6.45) is 3.58. The molecule has 1 aromatic heterocycles. The molecule has 1 aliphatic rings. The summed E-state index contributed by atoms with van der Waals surface area (Å²) in [5.74, 6) is 0.340. The summed E-state index contributed by atoms with van der Waals surface area (Å²) in [4.78, 5) is 29.0. The van der Waals surface area contributed by atoms with Crippen LogP contribution in [-0.4, -0.2) is 68.8 Å². The number of amides is 1. The van der Waals surface area contributed by atoms with Crippen molar-refractivity contribution >= 4 is 65.2 Å². The van der Waals surface area contributed by atoms with Gasteiger partial charge in [-0.25, -0.2) is 4.98 Å². The largest absolute Gasteiger partial charge is 0.481 e. The van der Waals surface area contributed by atoms with Gasteiger partial charge in [-0.15, -0.1) is 23.5 Å². The number of carboxylic acids is 1. The van der Waals surface area contributed by atoms with Gasteiger partial charge in [0.2, 0.25) is 5.91 Å². The average molecular weight is 549 g/mol. The highest BCUT2D eigenvalue weighted by Gasteiger charge is 2.28. The molecule has 0 unspecified atom stereocenters. The van der Waals surface area contributed by atoms with Gasteiger partial charge in [-0.1, -0.05) is 41.9 Å². The number of pyridine rings is 1. The van der Waals surface area contributed by atoms with E-state index < -0.39 is 18.2 Å². The van der Waals surface area contributed by atoms with Crippen molar-refractivity contribution in [2.45, 2.75) is 29.6 Å². The molecule has 1 amide bonds. The standard InChI is InChI=1S/C26H29ClN2O5S2/c1-29(2)22(30)10-12-35-26(36-13-11-23(31)32)17-5-3-4-16(14-17)6-7-18-8-9-19-21(28-18)15-20(27)25(34)24(19)33/h3-9,14-15,24-26,33-34H,10-13H2,1-2H3,(H,31,32)/b7-6+/t24-,25-,26+/m0/s1. The second kappa shape index (κ2) is 13.3. The number of hydrogen-bond acceptors (Lipinski definition) is 7. The molecule has 1 aromatic carbocycles. The molecule has 7 nitrogen and oxygen atoms in total. The zero-order chi connectivity index (χ0) is 26.2. The van der Waals surface area contributed by atoms with Gasteiger partial charge in [0.1, 0.15) is 12.2 Å². The average Bonchev–Trinajstić information content (AvgIpc) is 2.84. The minimum absolute atomic E-state index is 0.00488. The molecule has 0 aliphatic heterocycles. The fraction of sp³-hybridized carbons (Fsp3) is 0.346. The summed E-state index contributed by atoms with van der Waals surface area (Å²) >= 11 is 9.21. The molecule has 2 aromatic rings. The van der Waals surface area contributed by atoms with Crippen LogP contribution in [0.3, 0.4) is 0 Å². The molecule has 0 fully saturated rings. The predicted octanol–water partition coefficient (Wildman–Crippen LogP) is 4.66. The van der Waals surface area contributed by atoms with Gasteiger partial charge in [-0.3, -0.25) is 9.59 Å². The molecule has 192 valence electrons. The number of benzene rings is 1. The second-order valence-corrected chi connectivity index (χ2v) is 11.5. The minimum Gasteiger partial charge on any atom is -0.481 e. The number of aliphatic hydroxyl groups is 2. The summed E-state index contributed by atoms with van der Waals surface area (Å²) in [7, 11) is 3.46. The number of fused-ring (bicyclic) bond motifs is 1. The molecule has 10 heteroatoms. The van der Waals surface area contributed by atoms with Gasteiger partial charge in [-0.05, 0) is 35.4 Å². The Balaban J connectivity index is 1.74. The highest BCUT2D eigenvalue weighted by Crippen LogP contribution is 2.40. The third-order valence-corrected chi connectivity index (χ3v) is 8.63. The molecule has 3 rings (SSSR count). The highest BCUT2D eigenvalue weighted by molar-refractivity contribution is 8.16. The van der Waals surface area contributed by atoms with Crippen molar-refractivity contribution in [2.75, 3.05) is 25.6 Å². The number of carboxylic acid groups (broad SMARTS) is 1. The van der Waals surface area contributed by atoms with Gasteiger partial charge >= 0.3 is 5.97 Å². The predicted molar refractivity (Wildman–Crippen MR) is 148 cm³/mol. The lowest BCUT2D eigenvalue weighted by Gasteiger charge is -2.23. The Labute approximate surface area is 224 Å². The lowest BCUT2D eigenvalue weighted by molar-refractivity contribution is -0.136. The van der Waals surface area contributed by atoms with Crippen LogP contribution < -0.4 is 0 Å². The van der Waals surface area contributed by atoms with Crippen LogP contribution in [0.5, 0.6) is 0 Å². The van der Waals surface area contributed by atoms with Crippen LogP contribution in [0.4, 0.5) is 0 Å². The van der Waals surface area contributed by atoms with Gasteiger partial charge < -0.3 is 20.2 Å². The molecule has 1 heterocycles. The third-order valence-electron chi connectivity index (χ3n) is 5.45. The lowest BCUT2D eigenvalue weighted by Crippen LogP contribution is -2.23. The molecule has 0 saturated heterocycles. The Morgan fingerprint density at radius 2 is 1.81 bits per heavy atom. The number of carbonyl (C=O) groups is 2. The summed E-state index contributed by atoms with van der Waals surface area (Å²) in [6, 6.07) is 11.5. The van der Waals surface area contributed by atoms with E-state index in [4.69, 9.17) is 16.7 Å². The van der Waals surface area contributed by atoms with E-state index in [-0.39, 0.29) is 21.9 Å². The number of aliphatic carboxylic acids is 1. The van der Waals surface area contributed by atoms with Crippen LogP contribution in [0.25, 0.3) is 18.2 Å².